The number of aliphatic carboxylic acids is 1. The first-order valence-corrected chi connectivity index (χ1v) is 6.20. The molecular formula is C14H17FO3. The van der Waals surface area contributed by atoms with Gasteiger partial charge in [-0.1, -0.05) is 12.1 Å². The van der Waals surface area contributed by atoms with Crippen LogP contribution in [-0.4, -0.2) is 24.3 Å². The van der Waals surface area contributed by atoms with E-state index in [0.717, 1.165) is 0 Å². The Morgan fingerprint density at radius 1 is 1.50 bits per heavy atom. The third-order valence-electron chi connectivity index (χ3n) is 3.09. The van der Waals surface area contributed by atoms with Crippen LogP contribution >= 0.6 is 0 Å². The molecule has 1 saturated carbocycles. The fraction of sp³-hybridized carbons (Fsp3) is 0.500. The van der Waals surface area contributed by atoms with Gasteiger partial charge in [0.25, 0.3) is 0 Å². The number of halogens is 1. The molecule has 1 atom stereocenters. The summed E-state index contributed by atoms with van der Waals surface area (Å²) in [7, 11) is 0. The van der Waals surface area contributed by atoms with Crippen LogP contribution in [0.1, 0.15) is 18.4 Å². The molecule has 1 fully saturated rings. The number of hydrogen-bond donors (Lipinski definition) is 1. The van der Waals surface area contributed by atoms with E-state index >= 15 is 0 Å². The van der Waals surface area contributed by atoms with Gasteiger partial charge in [0.2, 0.25) is 0 Å². The van der Waals surface area contributed by atoms with Crippen LogP contribution in [0.2, 0.25) is 0 Å². The van der Waals surface area contributed by atoms with Gasteiger partial charge in [-0.25, -0.2) is 4.39 Å². The van der Waals surface area contributed by atoms with Crippen molar-refractivity contribution in [2.24, 2.45) is 11.8 Å². The Morgan fingerprint density at radius 2 is 2.28 bits per heavy atom. The van der Waals surface area contributed by atoms with Gasteiger partial charge in [-0.05, 0) is 42.9 Å². The predicted octanol–water partition coefficient (Wildman–Crippen LogP) is 2.50. The Balaban J connectivity index is 1.86. The van der Waals surface area contributed by atoms with Crippen molar-refractivity contribution >= 4 is 5.97 Å². The molecule has 0 heterocycles. The first-order chi connectivity index (χ1) is 8.65. The van der Waals surface area contributed by atoms with Gasteiger partial charge in [-0.2, -0.15) is 0 Å². The molecule has 98 valence electrons. The third kappa shape index (κ3) is 4.11. The van der Waals surface area contributed by atoms with Crippen molar-refractivity contribution in [3.05, 3.63) is 35.6 Å². The lowest BCUT2D eigenvalue weighted by atomic mass is 10.0. The molecule has 0 amide bonds. The zero-order chi connectivity index (χ0) is 13.0. The normalized spacial score (nSPS) is 16.5. The minimum Gasteiger partial charge on any atom is -0.481 e. The molecule has 2 rings (SSSR count). The van der Waals surface area contributed by atoms with Crippen molar-refractivity contribution in [2.75, 3.05) is 13.2 Å². The van der Waals surface area contributed by atoms with E-state index < -0.39 is 11.9 Å². The Morgan fingerprint density at radius 3 is 2.89 bits per heavy atom. The number of rotatable bonds is 7. The van der Waals surface area contributed by atoms with E-state index in [1.54, 1.807) is 12.1 Å². The van der Waals surface area contributed by atoms with Gasteiger partial charge in [0, 0.05) is 6.61 Å². The van der Waals surface area contributed by atoms with Crippen LogP contribution in [-0.2, 0) is 16.0 Å². The maximum Gasteiger partial charge on any atom is 0.309 e. The molecule has 1 N–H and O–H groups in total. The lowest BCUT2D eigenvalue weighted by Gasteiger charge is -2.12. The van der Waals surface area contributed by atoms with Crippen molar-refractivity contribution in [2.45, 2.75) is 19.3 Å². The molecule has 0 saturated heterocycles. The lowest BCUT2D eigenvalue weighted by molar-refractivity contribution is -0.143. The second-order valence-electron chi connectivity index (χ2n) is 4.85. The van der Waals surface area contributed by atoms with Crippen LogP contribution in [0.4, 0.5) is 4.39 Å². The summed E-state index contributed by atoms with van der Waals surface area (Å²) in [6, 6.07) is 6.05. The average Bonchev–Trinajstić information content (AvgIpc) is 3.11. The minimum atomic E-state index is -0.893. The van der Waals surface area contributed by atoms with Gasteiger partial charge in [0.15, 0.2) is 0 Å². The average molecular weight is 252 g/mol. The monoisotopic (exact) mass is 252 g/mol. The highest BCUT2D eigenvalue weighted by molar-refractivity contribution is 5.70. The molecule has 3 nitrogen and oxygen atoms in total. The third-order valence-corrected chi connectivity index (χ3v) is 3.09. The van der Waals surface area contributed by atoms with Crippen molar-refractivity contribution in [3.63, 3.8) is 0 Å². The summed E-state index contributed by atoms with van der Waals surface area (Å²) < 4.78 is 18.4. The summed E-state index contributed by atoms with van der Waals surface area (Å²) in [5.74, 6) is -1.22. The molecule has 0 radical (unpaired) electrons. The highest BCUT2D eigenvalue weighted by Gasteiger charge is 2.23. The zero-order valence-electron chi connectivity index (χ0n) is 10.1. The second kappa shape index (κ2) is 5.96. The predicted molar refractivity (Wildman–Crippen MR) is 64.8 cm³/mol. The lowest BCUT2D eigenvalue weighted by Crippen LogP contribution is -2.22. The molecule has 0 bridgehead atoms. The molecule has 1 aromatic rings. The maximum absolute atomic E-state index is 13.0. The Labute approximate surface area is 106 Å². The highest BCUT2D eigenvalue weighted by Crippen LogP contribution is 2.29. The van der Waals surface area contributed by atoms with Crippen LogP contribution in [0.3, 0.4) is 0 Å². The van der Waals surface area contributed by atoms with Gasteiger partial charge in [-0.15, -0.1) is 0 Å². The SMILES string of the molecule is O=C(O)C(COCC1CC1)Cc1cccc(F)c1. The van der Waals surface area contributed by atoms with Gasteiger partial charge in [-0.3, -0.25) is 4.79 Å². The van der Waals surface area contributed by atoms with E-state index in [9.17, 15) is 9.18 Å². The van der Waals surface area contributed by atoms with Crippen LogP contribution < -0.4 is 0 Å². The minimum absolute atomic E-state index is 0.197. The first kappa shape index (κ1) is 13.0. The van der Waals surface area contributed by atoms with Crippen LogP contribution in [0.15, 0.2) is 24.3 Å². The molecule has 1 aliphatic carbocycles. The van der Waals surface area contributed by atoms with Crippen molar-refractivity contribution in [1.82, 2.24) is 0 Å². The van der Waals surface area contributed by atoms with Crippen LogP contribution in [0.25, 0.3) is 0 Å². The Bertz CT molecular complexity index is 415. The van der Waals surface area contributed by atoms with Gasteiger partial charge in [0.1, 0.15) is 5.82 Å². The molecule has 0 aromatic heterocycles. The zero-order valence-corrected chi connectivity index (χ0v) is 10.1. The molecule has 1 aliphatic rings. The van der Waals surface area contributed by atoms with Crippen molar-refractivity contribution in [1.29, 1.82) is 0 Å². The van der Waals surface area contributed by atoms with E-state index in [1.807, 2.05) is 0 Å². The summed E-state index contributed by atoms with van der Waals surface area (Å²) in [6.45, 7) is 0.843. The van der Waals surface area contributed by atoms with E-state index in [4.69, 9.17) is 9.84 Å². The van der Waals surface area contributed by atoms with Gasteiger partial charge in [0.05, 0.1) is 12.5 Å². The number of carboxylic acids is 1. The molecule has 0 spiro atoms. The van der Waals surface area contributed by atoms with Crippen LogP contribution in [0.5, 0.6) is 0 Å². The Kier molecular flexibility index (Phi) is 4.31. The number of hydrogen-bond acceptors (Lipinski definition) is 2. The number of carbonyl (C=O) groups is 1. The summed E-state index contributed by atoms with van der Waals surface area (Å²) in [6.07, 6.45) is 2.67. The summed E-state index contributed by atoms with van der Waals surface area (Å²) >= 11 is 0. The maximum atomic E-state index is 13.0. The molecule has 0 aliphatic heterocycles. The number of benzene rings is 1. The molecule has 1 aromatic carbocycles. The summed E-state index contributed by atoms with van der Waals surface area (Å²) in [5.41, 5.74) is 0.692. The summed E-state index contributed by atoms with van der Waals surface area (Å²) in [5, 5.41) is 9.11. The largest absolute Gasteiger partial charge is 0.481 e. The smallest absolute Gasteiger partial charge is 0.309 e. The standard InChI is InChI=1S/C14H17FO3/c15-13-3-1-2-11(7-13)6-12(14(16)17)9-18-8-10-4-5-10/h1-3,7,10,12H,4-6,8-9H2,(H,16,17). The fourth-order valence-electron chi connectivity index (χ4n) is 1.83. The first-order valence-electron chi connectivity index (χ1n) is 6.20. The molecule has 1 unspecified atom stereocenters. The van der Waals surface area contributed by atoms with E-state index in [0.29, 0.717) is 24.5 Å². The fourth-order valence-corrected chi connectivity index (χ4v) is 1.83. The molecule has 4 heteroatoms. The number of carboxylic acid groups (broad SMARTS) is 1. The number of ether oxygens (including phenoxy) is 1. The molecule has 18 heavy (non-hydrogen) atoms. The topological polar surface area (TPSA) is 46.5 Å². The quantitative estimate of drug-likeness (QED) is 0.811. The highest BCUT2D eigenvalue weighted by atomic mass is 19.1. The van der Waals surface area contributed by atoms with Gasteiger partial charge >= 0.3 is 5.97 Å². The van der Waals surface area contributed by atoms with Crippen LogP contribution in [0, 0.1) is 17.7 Å². The Hall–Kier alpha value is -1.42. The summed E-state index contributed by atoms with van der Waals surface area (Å²) in [4.78, 5) is 11.1. The molecular weight excluding hydrogens is 235 g/mol. The van der Waals surface area contributed by atoms with Crippen molar-refractivity contribution in [3.8, 4) is 0 Å². The van der Waals surface area contributed by atoms with E-state index in [-0.39, 0.29) is 12.4 Å². The van der Waals surface area contributed by atoms with Crippen molar-refractivity contribution < 1.29 is 19.0 Å². The second-order valence-corrected chi connectivity index (χ2v) is 4.85. The van der Waals surface area contributed by atoms with E-state index in [2.05, 4.69) is 0 Å². The van der Waals surface area contributed by atoms with Gasteiger partial charge < -0.3 is 9.84 Å². The van der Waals surface area contributed by atoms with E-state index in [1.165, 1.54) is 25.0 Å².